The zero-order valence-corrected chi connectivity index (χ0v) is 19.3. The van der Waals surface area contributed by atoms with Gasteiger partial charge in [-0.1, -0.05) is 46.8 Å². The fourth-order valence-corrected chi connectivity index (χ4v) is 5.23. The molecule has 1 aliphatic rings. The summed E-state index contributed by atoms with van der Waals surface area (Å²) >= 11 is 1.69. The summed E-state index contributed by atoms with van der Waals surface area (Å²) < 4.78 is 5.30. The Hall–Kier alpha value is -2.21. The van der Waals surface area contributed by atoms with E-state index < -0.39 is 6.04 Å². The maximum atomic E-state index is 13.5. The van der Waals surface area contributed by atoms with Crippen LogP contribution in [0.15, 0.2) is 47.1 Å². The van der Waals surface area contributed by atoms with Crippen LogP contribution in [0.4, 0.5) is 0 Å². The van der Waals surface area contributed by atoms with Gasteiger partial charge in [0, 0.05) is 11.3 Å². The van der Waals surface area contributed by atoms with Crippen molar-refractivity contribution < 1.29 is 14.0 Å². The van der Waals surface area contributed by atoms with Crippen molar-refractivity contribution >= 4 is 23.6 Å². The van der Waals surface area contributed by atoms with Crippen molar-refractivity contribution in [2.75, 3.05) is 5.75 Å². The van der Waals surface area contributed by atoms with Gasteiger partial charge in [0.1, 0.15) is 11.8 Å². The average Bonchev–Trinajstić information content (AvgIpc) is 3.34. The molecule has 2 amide bonds. The lowest BCUT2D eigenvalue weighted by Gasteiger charge is -2.30. The van der Waals surface area contributed by atoms with Crippen LogP contribution in [0, 0.1) is 5.92 Å². The van der Waals surface area contributed by atoms with Crippen molar-refractivity contribution in [2.45, 2.75) is 64.4 Å². The predicted octanol–water partition coefficient (Wildman–Crippen LogP) is 4.82. The van der Waals surface area contributed by atoms with Gasteiger partial charge in [0.05, 0.1) is 18.2 Å². The molecule has 1 aromatic heterocycles. The molecule has 5 nitrogen and oxygen atoms in total. The number of nitrogens with one attached hydrogen (secondary N) is 1. The maximum absolute atomic E-state index is 13.5. The number of carbonyl (C=O) groups is 2. The highest BCUT2D eigenvalue weighted by Gasteiger charge is 2.41. The van der Waals surface area contributed by atoms with Crippen LogP contribution in [-0.2, 0) is 16.8 Å². The van der Waals surface area contributed by atoms with Crippen molar-refractivity contribution in [2.24, 2.45) is 5.92 Å². The van der Waals surface area contributed by atoms with E-state index in [0.717, 1.165) is 6.42 Å². The summed E-state index contributed by atoms with van der Waals surface area (Å²) in [6.07, 6.45) is 2.45. The third-order valence-corrected chi connectivity index (χ3v) is 6.63. The van der Waals surface area contributed by atoms with Gasteiger partial charge in [-0.15, -0.1) is 11.8 Å². The largest absolute Gasteiger partial charge is 0.467 e. The third-order valence-electron chi connectivity index (χ3n) is 5.32. The zero-order chi connectivity index (χ0) is 21.9. The van der Waals surface area contributed by atoms with E-state index in [4.69, 9.17) is 4.42 Å². The predicted molar refractivity (Wildman–Crippen MR) is 121 cm³/mol. The number of furan rings is 1. The highest BCUT2D eigenvalue weighted by molar-refractivity contribution is 8.00. The maximum Gasteiger partial charge on any atom is 0.255 e. The summed E-state index contributed by atoms with van der Waals surface area (Å²) in [4.78, 5) is 28.2. The van der Waals surface area contributed by atoms with E-state index >= 15 is 0 Å². The second-order valence-electron chi connectivity index (χ2n) is 9.27. The van der Waals surface area contributed by atoms with Gasteiger partial charge in [-0.2, -0.15) is 0 Å². The molecule has 0 aliphatic carbocycles. The number of amides is 2. The molecule has 2 unspecified atom stereocenters. The van der Waals surface area contributed by atoms with Crippen LogP contribution in [0.5, 0.6) is 0 Å². The minimum atomic E-state index is -0.483. The van der Waals surface area contributed by atoms with E-state index in [1.807, 2.05) is 30.3 Å². The van der Waals surface area contributed by atoms with Crippen molar-refractivity contribution in [1.82, 2.24) is 10.2 Å². The molecule has 0 spiro atoms. The third kappa shape index (κ3) is 5.28. The first-order valence-electron chi connectivity index (χ1n) is 10.5. The molecule has 1 fully saturated rings. The number of carbonyl (C=O) groups excluding carboxylic acids is 2. The quantitative estimate of drug-likeness (QED) is 0.716. The molecule has 1 saturated heterocycles. The SMILES string of the molecule is CC(C)CC1SCC(C(=O)NCc2ccco2)N1C(=O)c1ccc(C(C)(C)C)cc1. The van der Waals surface area contributed by atoms with Crippen molar-refractivity contribution in [1.29, 1.82) is 0 Å². The van der Waals surface area contributed by atoms with Crippen LogP contribution < -0.4 is 5.32 Å². The summed E-state index contributed by atoms with van der Waals surface area (Å²) in [5.41, 5.74) is 1.84. The molecule has 2 atom stereocenters. The van der Waals surface area contributed by atoms with Crippen LogP contribution in [0.3, 0.4) is 0 Å². The fourth-order valence-electron chi connectivity index (χ4n) is 3.59. The Morgan fingerprint density at radius 1 is 1.20 bits per heavy atom. The zero-order valence-electron chi connectivity index (χ0n) is 18.5. The molecule has 162 valence electrons. The number of hydrogen-bond acceptors (Lipinski definition) is 4. The lowest BCUT2D eigenvalue weighted by atomic mass is 9.86. The van der Waals surface area contributed by atoms with Crippen LogP contribution in [-0.4, -0.2) is 33.9 Å². The molecule has 6 heteroatoms. The average molecular weight is 429 g/mol. The smallest absolute Gasteiger partial charge is 0.255 e. The minimum absolute atomic E-state index is 0.000782. The molecule has 1 aliphatic heterocycles. The number of nitrogens with zero attached hydrogens (tertiary/aromatic N) is 1. The van der Waals surface area contributed by atoms with E-state index in [9.17, 15) is 9.59 Å². The molecule has 2 heterocycles. The van der Waals surface area contributed by atoms with E-state index in [2.05, 4.69) is 39.9 Å². The standard InChI is InChI=1S/C24H32N2O3S/c1-16(2)13-21-26(23(28)17-8-10-18(11-9-17)24(3,4)5)20(15-30-21)22(27)25-14-19-7-6-12-29-19/h6-12,16,20-21H,13-15H2,1-5H3,(H,25,27). The van der Waals surface area contributed by atoms with Gasteiger partial charge in [0.15, 0.2) is 0 Å². The molecule has 1 N–H and O–H groups in total. The normalized spacial score (nSPS) is 19.3. The number of thioether (sulfide) groups is 1. The summed E-state index contributed by atoms with van der Waals surface area (Å²) in [5, 5.41) is 2.93. The van der Waals surface area contributed by atoms with Crippen molar-refractivity contribution in [3.05, 3.63) is 59.5 Å². The van der Waals surface area contributed by atoms with E-state index in [-0.39, 0.29) is 22.6 Å². The summed E-state index contributed by atoms with van der Waals surface area (Å²) in [7, 11) is 0. The topological polar surface area (TPSA) is 62.6 Å². The first kappa shape index (κ1) is 22.5. The molecule has 0 radical (unpaired) electrons. The van der Waals surface area contributed by atoms with Gasteiger partial charge in [0.2, 0.25) is 5.91 Å². The molecule has 3 rings (SSSR count). The minimum Gasteiger partial charge on any atom is -0.467 e. The van der Waals surface area contributed by atoms with Gasteiger partial charge in [-0.25, -0.2) is 0 Å². The van der Waals surface area contributed by atoms with E-state index in [0.29, 0.717) is 29.5 Å². The van der Waals surface area contributed by atoms with Crippen LogP contribution in [0.2, 0.25) is 0 Å². The van der Waals surface area contributed by atoms with Crippen LogP contribution in [0.1, 0.15) is 62.7 Å². The second-order valence-corrected chi connectivity index (χ2v) is 10.5. The van der Waals surface area contributed by atoms with Crippen molar-refractivity contribution in [3.63, 3.8) is 0 Å². The Balaban J connectivity index is 1.79. The summed E-state index contributed by atoms with van der Waals surface area (Å²) in [5.74, 6) is 1.52. The number of benzene rings is 1. The van der Waals surface area contributed by atoms with Gasteiger partial charge in [0.25, 0.3) is 5.91 Å². The molecule has 1 aromatic carbocycles. The molecule has 0 saturated carbocycles. The lowest BCUT2D eigenvalue weighted by Crippen LogP contribution is -2.49. The highest BCUT2D eigenvalue weighted by atomic mass is 32.2. The Kier molecular flexibility index (Phi) is 6.96. The van der Waals surface area contributed by atoms with Gasteiger partial charge >= 0.3 is 0 Å². The van der Waals surface area contributed by atoms with E-state index in [1.54, 1.807) is 29.0 Å². The van der Waals surface area contributed by atoms with Gasteiger partial charge in [-0.05, 0) is 47.6 Å². The fraction of sp³-hybridized carbons (Fsp3) is 0.500. The number of rotatable bonds is 6. The molecule has 30 heavy (non-hydrogen) atoms. The first-order valence-corrected chi connectivity index (χ1v) is 11.6. The monoisotopic (exact) mass is 428 g/mol. The van der Waals surface area contributed by atoms with E-state index in [1.165, 1.54) is 5.56 Å². The van der Waals surface area contributed by atoms with Crippen LogP contribution in [0.25, 0.3) is 0 Å². The summed E-state index contributed by atoms with van der Waals surface area (Å²) in [6.45, 7) is 11.1. The Morgan fingerprint density at radius 3 is 2.47 bits per heavy atom. The van der Waals surface area contributed by atoms with Crippen LogP contribution >= 0.6 is 11.8 Å². The molecule has 2 aromatic rings. The Labute approximate surface area is 183 Å². The summed E-state index contributed by atoms with van der Waals surface area (Å²) in [6, 6.07) is 10.9. The molecule has 0 bridgehead atoms. The highest BCUT2D eigenvalue weighted by Crippen LogP contribution is 2.35. The Morgan fingerprint density at radius 2 is 1.90 bits per heavy atom. The molecular weight excluding hydrogens is 396 g/mol. The second kappa shape index (κ2) is 9.29. The first-order chi connectivity index (χ1) is 14.2. The Bertz CT molecular complexity index is 854. The molecular formula is C24H32N2O3S. The van der Waals surface area contributed by atoms with Gasteiger partial charge < -0.3 is 14.6 Å². The number of hydrogen-bond donors (Lipinski definition) is 1. The lowest BCUT2D eigenvalue weighted by molar-refractivity contribution is -0.125. The van der Waals surface area contributed by atoms with Crippen molar-refractivity contribution in [3.8, 4) is 0 Å². The van der Waals surface area contributed by atoms with Gasteiger partial charge in [-0.3, -0.25) is 9.59 Å².